The van der Waals surface area contributed by atoms with Crippen molar-refractivity contribution >= 4 is 9.84 Å². The lowest BCUT2D eigenvalue weighted by molar-refractivity contribution is 0.284. The molecule has 2 aliphatic rings. The highest BCUT2D eigenvalue weighted by molar-refractivity contribution is 7.91. The van der Waals surface area contributed by atoms with Crippen LogP contribution in [0, 0.1) is 0 Å². The van der Waals surface area contributed by atoms with Crippen LogP contribution in [0.1, 0.15) is 24.1 Å². The van der Waals surface area contributed by atoms with Crippen LogP contribution >= 0.6 is 0 Å². The van der Waals surface area contributed by atoms with Crippen molar-refractivity contribution < 1.29 is 8.42 Å². The Morgan fingerprint density at radius 3 is 2.60 bits per heavy atom. The van der Waals surface area contributed by atoms with Gasteiger partial charge in [-0.25, -0.2) is 8.42 Å². The molecule has 5 nitrogen and oxygen atoms in total. The molecule has 0 unspecified atom stereocenters. The van der Waals surface area contributed by atoms with Gasteiger partial charge in [-0.3, -0.25) is 9.88 Å². The van der Waals surface area contributed by atoms with Gasteiger partial charge in [0, 0.05) is 38.4 Å². The molecule has 3 rings (SSSR count). The van der Waals surface area contributed by atoms with Crippen molar-refractivity contribution in [2.75, 3.05) is 24.6 Å². The van der Waals surface area contributed by atoms with Crippen molar-refractivity contribution in [3.8, 4) is 0 Å². The van der Waals surface area contributed by atoms with E-state index in [0.717, 1.165) is 18.8 Å². The summed E-state index contributed by atoms with van der Waals surface area (Å²) in [5.74, 6) is 0.548. The summed E-state index contributed by atoms with van der Waals surface area (Å²) in [6, 6.07) is 4.87. The number of aromatic nitrogens is 1. The van der Waals surface area contributed by atoms with Gasteiger partial charge in [0.25, 0.3) is 0 Å². The molecule has 1 N–H and O–H groups in total. The minimum Gasteiger partial charge on any atom is -0.310 e. The maximum Gasteiger partial charge on any atom is 0.152 e. The molecule has 110 valence electrons. The number of hydrogen-bond acceptors (Lipinski definition) is 5. The Bertz CT molecular complexity index is 538. The Morgan fingerprint density at radius 1 is 1.25 bits per heavy atom. The van der Waals surface area contributed by atoms with Crippen molar-refractivity contribution in [3.63, 3.8) is 0 Å². The van der Waals surface area contributed by atoms with Gasteiger partial charge < -0.3 is 5.32 Å². The molecule has 1 aliphatic carbocycles. The van der Waals surface area contributed by atoms with Crippen molar-refractivity contribution in [2.24, 2.45) is 0 Å². The fourth-order valence-corrected chi connectivity index (χ4v) is 3.62. The molecule has 6 heteroatoms. The molecular weight excluding hydrogens is 274 g/mol. The fraction of sp³-hybridized carbons (Fsp3) is 0.643. The monoisotopic (exact) mass is 295 g/mol. The molecule has 1 saturated carbocycles. The summed E-state index contributed by atoms with van der Waals surface area (Å²) in [5, 5.41) is 3.47. The van der Waals surface area contributed by atoms with Crippen molar-refractivity contribution in [1.29, 1.82) is 0 Å². The second-order valence-corrected chi connectivity index (χ2v) is 8.04. The quantitative estimate of drug-likeness (QED) is 0.860. The molecule has 0 aromatic carbocycles. The van der Waals surface area contributed by atoms with Crippen LogP contribution in [0.4, 0.5) is 0 Å². The number of nitrogens with zero attached hydrogens (tertiary/aromatic N) is 2. The number of sulfone groups is 1. The van der Waals surface area contributed by atoms with E-state index in [9.17, 15) is 8.42 Å². The predicted molar refractivity (Wildman–Crippen MR) is 78.0 cm³/mol. The first-order valence-electron chi connectivity index (χ1n) is 7.21. The molecule has 20 heavy (non-hydrogen) atoms. The summed E-state index contributed by atoms with van der Waals surface area (Å²) in [4.78, 5) is 6.63. The lowest BCUT2D eigenvalue weighted by Crippen LogP contribution is -2.39. The summed E-state index contributed by atoms with van der Waals surface area (Å²) in [7, 11) is -2.79. The topological polar surface area (TPSA) is 62.3 Å². The molecule has 0 amide bonds. The van der Waals surface area contributed by atoms with Crippen molar-refractivity contribution in [3.05, 3.63) is 29.6 Å². The molecule has 0 spiro atoms. The van der Waals surface area contributed by atoms with Crippen molar-refractivity contribution in [2.45, 2.75) is 32.0 Å². The summed E-state index contributed by atoms with van der Waals surface area (Å²) >= 11 is 0. The Kier molecular flexibility index (Phi) is 4.05. The van der Waals surface area contributed by atoms with Crippen LogP contribution in [-0.2, 0) is 22.9 Å². The van der Waals surface area contributed by atoms with E-state index in [4.69, 9.17) is 0 Å². The molecule has 1 aromatic rings. The first-order valence-corrected chi connectivity index (χ1v) is 9.03. The third kappa shape index (κ3) is 4.01. The zero-order chi connectivity index (χ0) is 14.0. The highest BCUT2D eigenvalue weighted by Gasteiger charge is 2.22. The van der Waals surface area contributed by atoms with Gasteiger partial charge in [-0.05, 0) is 24.5 Å². The Hall–Kier alpha value is -0.980. The van der Waals surface area contributed by atoms with Gasteiger partial charge in [0.05, 0.1) is 17.2 Å². The van der Waals surface area contributed by atoms with Gasteiger partial charge >= 0.3 is 0 Å². The van der Waals surface area contributed by atoms with Crippen LogP contribution in [0.15, 0.2) is 18.3 Å². The number of rotatable bonds is 5. The van der Waals surface area contributed by atoms with E-state index in [1.807, 2.05) is 12.3 Å². The SMILES string of the molecule is O=S1(=O)CCN(Cc2ccc(CNC3CC3)cn2)CC1. The first-order chi connectivity index (χ1) is 9.61. The standard InChI is InChI=1S/C14H21N3O2S/c18-20(19)7-5-17(6-8-20)11-14-2-1-12(10-16-14)9-15-13-3-4-13/h1-2,10,13,15H,3-9,11H2. The Morgan fingerprint density at radius 2 is 2.00 bits per heavy atom. The van der Waals surface area contributed by atoms with E-state index >= 15 is 0 Å². The number of hydrogen-bond donors (Lipinski definition) is 1. The molecule has 0 bridgehead atoms. The molecule has 1 saturated heterocycles. The largest absolute Gasteiger partial charge is 0.310 e. The second kappa shape index (κ2) is 5.79. The third-order valence-electron chi connectivity index (χ3n) is 3.88. The van der Waals surface area contributed by atoms with Gasteiger partial charge in [-0.1, -0.05) is 6.07 Å². The summed E-state index contributed by atoms with van der Waals surface area (Å²) < 4.78 is 22.8. The van der Waals surface area contributed by atoms with Crippen molar-refractivity contribution in [1.82, 2.24) is 15.2 Å². The summed E-state index contributed by atoms with van der Waals surface area (Å²) in [5.41, 5.74) is 2.22. The van der Waals surface area contributed by atoms with Crippen LogP contribution in [0.5, 0.6) is 0 Å². The van der Waals surface area contributed by atoms with Crippen LogP contribution in [0.25, 0.3) is 0 Å². The maximum absolute atomic E-state index is 11.4. The van der Waals surface area contributed by atoms with Crippen LogP contribution < -0.4 is 5.32 Å². The van der Waals surface area contributed by atoms with Gasteiger partial charge in [0.1, 0.15) is 0 Å². The lowest BCUT2D eigenvalue weighted by atomic mass is 10.2. The van der Waals surface area contributed by atoms with Crippen LogP contribution in [0.3, 0.4) is 0 Å². The molecule has 1 aliphatic heterocycles. The van der Waals surface area contributed by atoms with E-state index < -0.39 is 9.84 Å². The molecule has 2 fully saturated rings. The second-order valence-electron chi connectivity index (χ2n) is 5.74. The van der Waals surface area contributed by atoms with Crippen LogP contribution in [-0.4, -0.2) is 48.9 Å². The average Bonchev–Trinajstić information content (AvgIpc) is 3.25. The molecule has 1 aromatic heterocycles. The van der Waals surface area contributed by atoms with E-state index in [0.29, 0.717) is 19.1 Å². The molecule has 0 radical (unpaired) electrons. The van der Waals surface area contributed by atoms with E-state index in [1.165, 1.54) is 18.4 Å². The molecule has 2 heterocycles. The smallest absolute Gasteiger partial charge is 0.152 e. The Labute approximate surface area is 120 Å². The average molecular weight is 295 g/mol. The molecular formula is C14H21N3O2S. The lowest BCUT2D eigenvalue weighted by Gasteiger charge is -2.26. The third-order valence-corrected chi connectivity index (χ3v) is 5.49. The summed E-state index contributed by atoms with van der Waals surface area (Å²) in [6.07, 6.45) is 4.51. The van der Waals surface area contributed by atoms with E-state index in [1.54, 1.807) is 0 Å². The fourth-order valence-electron chi connectivity index (χ4n) is 2.34. The predicted octanol–water partition coefficient (Wildman–Crippen LogP) is 0.564. The van der Waals surface area contributed by atoms with E-state index in [2.05, 4.69) is 21.3 Å². The van der Waals surface area contributed by atoms with E-state index in [-0.39, 0.29) is 11.5 Å². The highest BCUT2D eigenvalue weighted by atomic mass is 32.2. The summed E-state index contributed by atoms with van der Waals surface area (Å²) in [6.45, 7) is 2.87. The van der Waals surface area contributed by atoms with Crippen LogP contribution in [0.2, 0.25) is 0 Å². The minimum atomic E-state index is -2.79. The maximum atomic E-state index is 11.4. The zero-order valence-electron chi connectivity index (χ0n) is 11.6. The van der Waals surface area contributed by atoms with Gasteiger partial charge in [0.2, 0.25) is 0 Å². The zero-order valence-corrected chi connectivity index (χ0v) is 12.4. The van der Waals surface area contributed by atoms with Gasteiger partial charge in [-0.2, -0.15) is 0 Å². The number of pyridine rings is 1. The van der Waals surface area contributed by atoms with Gasteiger partial charge in [0.15, 0.2) is 9.84 Å². The molecule has 0 atom stereocenters. The minimum absolute atomic E-state index is 0.274. The normalized spacial score (nSPS) is 22.8. The number of nitrogens with one attached hydrogen (secondary N) is 1. The Balaban J connectivity index is 1.50. The highest BCUT2D eigenvalue weighted by Crippen LogP contribution is 2.19. The van der Waals surface area contributed by atoms with Gasteiger partial charge in [-0.15, -0.1) is 0 Å². The first kappa shape index (κ1) is 14.0.